The summed E-state index contributed by atoms with van der Waals surface area (Å²) in [5.74, 6) is -1.31. The molecule has 2 N–H and O–H groups in total. The van der Waals surface area contributed by atoms with Gasteiger partial charge in [-0.2, -0.15) is 0 Å². The van der Waals surface area contributed by atoms with Crippen LogP contribution in [0.3, 0.4) is 0 Å². The van der Waals surface area contributed by atoms with E-state index >= 15 is 0 Å². The lowest BCUT2D eigenvalue weighted by atomic mass is 10.0. The Morgan fingerprint density at radius 3 is 2.08 bits per heavy atom. The first-order valence-corrected chi connectivity index (χ1v) is 12.3. The van der Waals surface area contributed by atoms with Crippen LogP contribution in [-0.2, 0) is 36.8 Å². The lowest BCUT2D eigenvalue weighted by molar-refractivity contribution is -0.142. The molecule has 0 unspecified atom stereocenters. The van der Waals surface area contributed by atoms with Crippen molar-refractivity contribution in [2.24, 2.45) is 0 Å². The van der Waals surface area contributed by atoms with Gasteiger partial charge < -0.3 is 24.8 Å². The highest BCUT2D eigenvalue weighted by Gasteiger charge is 2.25. The van der Waals surface area contributed by atoms with Crippen molar-refractivity contribution >= 4 is 23.9 Å². The van der Waals surface area contributed by atoms with Crippen molar-refractivity contribution in [2.45, 2.75) is 58.2 Å². The summed E-state index contributed by atoms with van der Waals surface area (Å²) in [6.07, 6.45) is 1.37. The van der Waals surface area contributed by atoms with Crippen LogP contribution in [0.1, 0.15) is 60.7 Å². The molecular weight excluding hydrogens is 488 g/mol. The third kappa shape index (κ3) is 10.9. The van der Waals surface area contributed by atoms with E-state index < -0.39 is 29.6 Å². The van der Waals surface area contributed by atoms with Gasteiger partial charge in [0.1, 0.15) is 18.2 Å². The monoisotopic (exact) mass is 524 g/mol. The van der Waals surface area contributed by atoms with Gasteiger partial charge in [-0.05, 0) is 62.4 Å². The molecule has 9 nitrogen and oxygen atoms in total. The van der Waals surface area contributed by atoms with E-state index in [9.17, 15) is 19.2 Å². The summed E-state index contributed by atoms with van der Waals surface area (Å²) >= 11 is 0. The van der Waals surface area contributed by atoms with E-state index in [1.807, 2.05) is 36.4 Å². The molecule has 0 aromatic heterocycles. The maximum absolute atomic E-state index is 12.9. The summed E-state index contributed by atoms with van der Waals surface area (Å²) in [4.78, 5) is 48.6. The van der Waals surface area contributed by atoms with Gasteiger partial charge in [0.15, 0.2) is 0 Å². The molecule has 0 aliphatic heterocycles. The first kappa shape index (κ1) is 30.1. The number of amides is 2. The molecule has 0 saturated carbocycles. The standard InChI is InChI=1S/C29H36N2O7/c1-6-17-37-25(32)16-15-24(31-28(35)38-29(2,3)4)26(33)30-19-22-9-7-20(8-10-22)18-21-11-13-23(14-12-21)27(34)36-5/h6-14,24H,1,15-19H2,2-5H3,(H,30,33)(H,31,35)/t24-/m0/s1. The van der Waals surface area contributed by atoms with Gasteiger partial charge in [0, 0.05) is 13.0 Å². The largest absolute Gasteiger partial charge is 0.465 e. The van der Waals surface area contributed by atoms with Crippen molar-refractivity contribution in [3.63, 3.8) is 0 Å². The summed E-state index contributed by atoms with van der Waals surface area (Å²) in [6, 6.07) is 14.0. The molecule has 2 rings (SSSR count). The van der Waals surface area contributed by atoms with Crippen LogP contribution in [0.15, 0.2) is 61.2 Å². The number of esters is 2. The molecule has 0 saturated heterocycles. The highest BCUT2D eigenvalue weighted by atomic mass is 16.6. The second kappa shape index (κ2) is 14.6. The first-order valence-electron chi connectivity index (χ1n) is 12.3. The third-order valence-electron chi connectivity index (χ3n) is 5.28. The van der Waals surface area contributed by atoms with Gasteiger partial charge in [0.25, 0.3) is 0 Å². The van der Waals surface area contributed by atoms with E-state index in [0.29, 0.717) is 12.0 Å². The molecule has 1 atom stereocenters. The average Bonchev–Trinajstić information content (AvgIpc) is 2.88. The zero-order valence-corrected chi connectivity index (χ0v) is 22.4. The van der Waals surface area contributed by atoms with Crippen LogP contribution in [0.25, 0.3) is 0 Å². The lowest BCUT2D eigenvalue weighted by Gasteiger charge is -2.23. The highest BCUT2D eigenvalue weighted by Crippen LogP contribution is 2.13. The first-order chi connectivity index (χ1) is 18.0. The van der Waals surface area contributed by atoms with E-state index in [4.69, 9.17) is 14.2 Å². The van der Waals surface area contributed by atoms with E-state index in [1.54, 1.807) is 32.9 Å². The van der Waals surface area contributed by atoms with Crippen LogP contribution < -0.4 is 10.6 Å². The van der Waals surface area contributed by atoms with Crippen LogP contribution >= 0.6 is 0 Å². The topological polar surface area (TPSA) is 120 Å². The molecule has 2 amide bonds. The summed E-state index contributed by atoms with van der Waals surface area (Å²) in [7, 11) is 1.35. The molecule has 0 bridgehead atoms. The molecule has 38 heavy (non-hydrogen) atoms. The summed E-state index contributed by atoms with van der Waals surface area (Å²) < 4.78 is 14.9. The van der Waals surface area contributed by atoms with E-state index in [2.05, 4.69) is 17.2 Å². The van der Waals surface area contributed by atoms with Gasteiger partial charge in [-0.1, -0.05) is 49.1 Å². The summed E-state index contributed by atoms with van der Waals surface area (Å²) in [5.41, 5.74) is 2.73. The molecule has 2 aromatic rings. The summed E-state index contributed by atoms with van der Waals surface area (Å²) in [6.45, 7) is 8.95. The quantitative estimate of drug-likeness (QED) is 0.244. The molecule has 0 aliphatic rings. The number of hydrogen-bond acceptors (Lipinski definition) is 7. The number of benzene rings is 2. The molecule has 9 heteroatoms. The van der Waals surface area contributed by atoms with Gasteiger partial charge in [-0.15, -0.1) is 0 Å². The van der Waals surface area contributed by atoms with Crippen molar-refractivity contribution in [1.82, 2.24) is 10.6 Å². The average molecular weight is 525 g/mol. The fourth-order valence-electron chi connectivity index (χ4n) is 3.40. The maximum atomic E-state index is 12.9. The molecule has 204 valence electrons. The number of ether oxygens (including phenoxy) is 3. The Bertz CT molecular complexity index is 1100. The van der Waals surface area contributed by atoms with Crippen LogP contribution in [-0.4, -0.2) is 49.3 Å². The normalized spacial score (nSPS) is 11.6. The van der Waals surface area contributed by atoms with Crippen molar-refractivity contribution < 1.29 is 33.4 Å². The Morgan fingerprint density at radius 1 is 0.947 bits per heavy atom. The van der Waals surface area contributed by atoms with E-state index in [1.165, 1.54) is 13.2 Å². The third-order valence-corrected chi connectivity index (χ3v) is 5.28. The number of alkyl carbamates (subject to hydrolysis) is 1. The Labute approximate surface area is 223 Å². The zero-order valence-electron chi connectivity index (χ0n) is 22.4. The maximum Gasteiger partial charge on any atom is 0.408 e. The SMILES string of the molecule is C=CCOC(=O)CC[C@H](NC(=O)OC(C)(C)C)C(=O)NCc1ccc(Cc2ccc(C(=O)OC)cc2)cc1. The van der Waals surface area contributed by atoms with E-state index in [-0.39, 0.29) is 32.0 Å². The number of nitrogens with one attached hydrogen (secondary N) is 2. The zero-order chi connectivity index (χ0) is 28.1. The molecule has 0 heterocycles. The van der Waals surface area contributed by atoms with Crippen LogP contribution in [0.2, 0.25) is 0 Å². The number of carbonyl (C=O) groups excluding carboxylic acids is 4. The molecule has 2 aromatic carbocycles. The van der Waals surface area contributed by atoms with Crippen molar-refractivity contribution in [2.75, 3.05) is 13.7 Å². The fourth-order valence-corrected chi connectivity index (χ4v) is 3.40. The minimum atomic E-state index is -0.978. The van der Waals surface area contributed by atoms with Crippen LogP contribution in [0.4, 0.5) is 4.79 Å². The predicted octanol–water partition coefficient (Wildman–Crippen LogP) is 4.08. The Hall–Kier alpha value is -4.14. The predicted molar refractivity (Wildman–Crippen MR) is 142 cm³/mol. The second-order valence-corrected chi connectivity index (χ2v) is 9.61. The molecular formula is C29H36N2O7. The van der Waals surface area contributed by atoms with Gasteiger partial charge in [-0.25, -0.2) is 9.59 Å². The molecule has 0 radical (unpaired) electrons. The summed E-state index contributed by atoms with van der Waals surface area (Å²) in [5, 5.41) is 5.35. The van der Waals surface area contributed by atoms with Crippen molar-refractivity contribution in [1.29, 1.82) is 0 Å². The number of carbonyl (C=O) groups is 4. The molecule has 0 aliphatic carbocycles. The second-order valence-electron chi connectivity index (χ2n) is 9.61. The minimum Gasteiger partial charge on any atom is -0.465 e. The van der Waals surface area contributed by atoms with Crippen LogP contribution in [0, 0.1) is 0 Å². The number of rotatable bonds is 12. The van der Waals surface area contributed by atoms with E-state index in [0.717, 1.165) is 16.7 Å². The number of hydrogen-bond donors (Lipinski definition) is 2. The van der Waals surface area contributed by atoms with Crippen LogP contribution in [0.5, 0.6) is 0 Å². The van der Waals surface area contributed by atoms with Crippen molar-refractivity contribution in [3.05, 3.63) is 83.4 Å². The molecule has 0 spiro atoms. The number of methoxy groups -OCH3 is 1. The van der Waals surface area contributed by atoms with Gasteiger partial charge >= 0.3 is 18.0 Å². The van der Waals surface area contributed by atoms with Gasteiger partial charge in [0.2, 0.25) is 5.91 Å². The smallest absolute Gasteiger partial charge is 0.408 e. The minimum absolute atomic E-state index is 0.0504. The fraction of sp³-hybridized carbons (Fsp3) is 0.379. The van der Waals surface area contributed by atoms with Gasteiger partial charge in [-0.3, -0.25) is 9.59 Å². The molecule has 0 fully saturated rings. The Morgan fingerprint density at radius 2 is 1.53 bits per heavy atom. The van der Waals surface area contributed by atoms with Crippen molar-refractivity contribution in [3.8, 4) is 0 Å². The van der Waals surface area contributed by atoms with Gasteiger partial charge in [0.05, 0.1) is 12.7 Å². The lowest BCUT2D eigenvalue weighted by Crippen LogP contribution is -2.48. The Balaban J connectivity index is 1.95. The highest BCUT2D eigenvalue weighted by molar-refractivity contribution is 5.89. The Kier molecular flexibility index (Phi) is 11.5.